The van der Waals surface area contributed by atoms with E-state index in [-0.39, 0.29) is 5.91 Å². The zero-order valence-corrected chi connectivity index (χ0v) is 16.3. The van der Waals surface area contributed by atoms with Gasteiger partial charge in [0.25, 0.3) is 5.91 Å². The van der Waals surface area contributed by atoms with Crippen molar-refractivity contribution in [2.45, 2.75) is 15.0 Å². The van der Waals surface area contributed by atoms with Gasteiger partial charge in [-0.3, -0.25) is 10.1 Å². The number of benzene rings is 2. The number of amides is 1. The molecule has 1 N–H and O–H groups in total. The number of nitrogens with one attached hydrogen (secondary N) is 1. The first-order valence-electron chi connectivity index (χ1n) is 7.59. The number of nitrogens with zero attached hydrogens (tertiary/aromatic N) is 3. The van der Waals surface area contributed by atoms with Crippen LogP contribution in [-0.2, 0) is 5.75 Å². The van der Waals surface area contributed by atoms with Crippen molar-refractivity contribution in [1.29, 1.82) is 5.26 Å². The molecule has 5 nitrogen and oxygen atoms in total. The molecule has 26 heavy (non-hydrogen) atoms. The number of thioether (sulfide) groups is 2. The second-order valence-electron chi connectivity index (χ2n) is 5.12. The number of aromatic nitrogens is 2. The fraction of sp³-hybridized carbons (Fsp3) is 0.111. The molecule has 0 saturated carbocycles. The minimum atomic E-state index is -0.185. The lowest BCUT2D eigenvalue weighted by molar-refractivity contribution is 0.102. The van der Waals surface area contributed by atoms with E-state index in [4.69, 9.17) is 5.26 Å². The van der Waals surface area contributed by atoms with Gasteiger partial charge in [0.05, 0.1) is 17.2 Å². The van der Waals surface area contributed by atoms with Crippen LogP contribution in [-0.4, -0.2) is 22.4 Å². The smallest absolute Gasteiger partial charge is 0.258 e. The van der Waals surface area contributed by atoms with Gasteiger partial charge in [0.2, 0.25) is 5.13 Å². The number of rotatable bonds is 6. The van der Waals surface area contributed by atoms with Gasteiger partial charge in [-0.1, -0.05) is 47.4 Å². The predicted molar refractivity (Wildman–Crippen MR) is 107 cm³/mol. The predicted octanol–water partition coefficient (Wildman–Crippen LogP) is 4.68. The highest BCUT2D eigenvalue weighted by Gasteiger charge is 2.13. The van der Waals surface area contributed by atoms with E-state index in [1.807, 2.05) is 36.6 Å². The Balaban J connectivity index is 1.60. The second-order valence-corrected chi connectivity index (χ2v) is 8.17. The van der Waals surface area contributed by atoms with Crippen LogP contribution in [0.5, 0.6) is 0 Å². The molecule has 0 spiro atoms. The van der Waals surface area contributed by atoms with Gasteiger partial charge >= 0.3 is 0 Å². The Morgan fingerprint density at radius 3 is 2.69 bits per heavy atom. The lowest BCUT2D eigenvalue weighted by atomic mass is 10.2. The molecule has 0 aliphatic rings. The molecular weight excluding hydrogens is 384 g/mol. The maximum Gasteiger partial charge on any atom is 0.258 e. The largest absolute Gasteiger partial charge is 0.296 e. The van der Waals surface area contributed by atoms with Crippen molar-refractivity contribution >= 4 is 45.9 Å². The molecule has 1 heterocycles. The lowest BCUT2D eigenvalue weighted by Gasteiger charge is -2.05. The number of carbonyl (C=O) groups is 1. The van der Waals surface area contributed by atoms with Crippen molar-refractivity contribution < 1.29 is 4.79 Å². The van der Waals surface area contributed by atoms with Gasteiger partial charge < -0.3 is 0 Å². The molecule has 3 aromatic rings. The fourth-order valence-electron chi connectivity index (χ4n) is 2.14. The van der Waals surface area contributed by atoms with Crippen LogP contribution in [0.15, 0.2) is 57.8 Å². The summed E-state index contributed by atoms with van der Waals surface area (Å²) < 4.78 is 0.780. The zero-order valence-electron chi connectivity index (χ0n) is 13.8. The Morgan fingerprint density at radius 2 is 1.96 bits per heavy atom. The first-order valence-corrected chi connectivity index (χ1v) is 10.6. The molecule has 2 aromatic carbocycles. The minimum Gasteiger partial charge on any atom is -0.296 e. The topological polar surface area (TPSA) is 78.7 Å². The van der Waals surface area contributed by atoms with Crippen LogP contribution in [0, 0.1) is 11.3 Å². The molecule has 8 heteroatoms. The van der Waals surface area contributed by atoms with Crippen molar-refractivity contribution in [3.63, 3.8) is 0 Å². The van der Waals surface area contributed by atoms with Gasteiger partial charge in [-0.05, 0) is 36.1 Å². The third kappa shape index (κ3) is 4.64. The van der Waals surface area contributed by atoms with Crippen molar-refractivity contribution in [1.82, 2.24) is 10.2 Å². The van der Waals surface area contributed by atoms with Crippen LogP contribution in [0.2, 0.25) is 0 Å². The summed E-state index contributed by atoms with van der Waals surface area (Å²) in [5, 5.41) is 20.3. The Hall–Kier alpha value is -2.34. The Bertz CT molecular complexity index is 948. The van der Waals surface area contributed by atoms with Crippen LogP contribution in [0.4, 0.5) is 5.13 Å². The number of carbonyl (C=O) groups excluding carboxylic acids is 1. The monoisotopic (exact) mass is 398 g/mol. The molecule has 0 bridgehead atoms. The van der Waals surface area contributed by atoms with E-state index in [0.29, 0.717) is 16.3 Å². The van der Waals surface area contributed by atoms with Gasteiger partial charge in [0.1, 0.15) is 0 Å². The summed E-state index contributed by atoms with van der Waals surface area (Å²) >= 11 is 4.42. The highest BCUT2D eigenvalue weighted by Crippen LogP contribution is 2.29. The molecular formula is C18H14N4OS3. The van der Waals surface area contributed by atoms with Gasteiger partial charge in [0, 0.05) is 10.6 Å². The average molecular weight is 399 g/mol. The molecule has 0 aliphatic heterocycles. The SMILES string of the molecule is CSc1ccccc1C(=O)Nc1nnc(SCc2ccc(C#N)cc2)s1. The summed E-state index contributed by atoms with van der Waals surface area (Å²) in [4.78, 5) is 13.3. The van der Waals surface area contributed by atoms with E-state index < -0.39 is 0 Å². The maximum absolute atomic E-state index is 12.4. The van der Waals surface area contributed by atoms with Crippen molar-refractivity contribution in [2.24, 2.45) is 0 Å². The van der Waals surface area contributed by atoms with E-state index >= 15 is 0 Å². The van der Waals surface area contributed by atoms with Gasteiger partial charge in [-0.2, -0.15) is 5.26 Å². The summed E-state index contributed by atoms with van der Waals surface area (Å²) in [5.74, 6) is 0.540. The first-order chi connectivity index (χ1) is 12.7. The zero-order chi connectivity index (χ0) is 18.4. The lowest BCUT2D eigenvalue weighted by Crippen LogP contribution is -2.12. The van der Waals surface area contributed by atoms with Crippen LogP contribution < -0.4 is 5.32 Å². The first kappa shape index (κ1) is 18.5. The Labute approximate surface area is 163 Å². The van der Waals surface area contributed by atoms with Crippen LogP contribution >= 0.6 is 34.9 Å². The Kier molecular flexibility index (Phi) is 6.28. The highest BCUT2D eigenvalue weighted by molar-refractivity contribution is 8.00. The molecule has 1 amide bonds. The molecule has 0 fully saturated rings. The molecule has 3 rings (SSSR count). The molecule has 130 valence electrons. The van der Waals surface area contributed by atoms with E-state index in [1.165, 1.54) is 23.1 Å². The molecule has 0 aliphatic carbocycles. The molecule has 0 unspecified atom stereocenters. The number of nitriles is 1. The third-order valence-corrected chi connectivity index (χ3v) is 6.26. The standard InChI is InChI=1S/C18H14N4OS3/c1-24-15-5-3-2-4-14(15)16(23)20-17-21-22-18(26-17)25-11-13-8-6-12(10-19)7-9-13/h2-9H,11H2,1H3,(H,20,21,23). The van der Waals surface area contributed by atoms with Crippen LogP contribution in [0.25, 0.3) is 0 Å². The minimum absolute atomic E-state index is 0.185. The number of hydrogen-bond donors (Lipinski definition) is 1. The average Bonchev–Trinajstić information content (AvgIpc) is 3.14. The van der Waals surface area contributed by atoms with Crippen molar-refractivity contribution in [2.75, 3.05) is 11.6 Å². The van der Waals surface area contributed by atoms with E-state index in [2.05, 4.69) is 21.6 Å². The quantitative estimate of drug-likeness (QED) is 0.480. The van der Waals surface area contributed by atoms with Gasteiger partial charge in [0.15, 0.2) is 4.34 Å². The molecule has 0 radical (unpaired) electrons. The van der Waals surface area contributed by atoms with Crippen LogP contribution in [0.1, 0.15) is 21.5 Å². The van der Waals surface area contributed by atoms with Gasteiger partial charge in [-0.15, -0.1) is 22.0 Å². The number of hydrogen-bond acceptors (Lipinski definition) is 7. The summed E-state index contributed by atoms with van der Waals surface area (Å²) in [6.07, 6.45) is 1.94. The molecule has 0 atom stereocenters. The highest BCUT2D eigenvalue weighted by atomic mass is 32.2. The van der Waals surface area contributed by atoms with Crippen molar-refractivity contribution in [3.8, 4) is 6.07 Å². The fourth-order valence-corrected chi connectivity index (χ4v) is 4.43. The summed E-state index contributed by atoms with van der Waals surface area (Å²) in [5.41, 5.74) is 2.37. The summed E-state index contributed by atoms with van der Waals surface area (Å²) in [7, 11) is 0. The number of anilines is 1. The van der Waals surface area contributed by atoms with E-state index in [0.717, 1.165) is 20.6 Å². The molecule has 1 aromatic heterocycles. The van der Waals surface area contributed by atoms with E-state index in [1.54, 1.807) is 30.0 Å². The van der Waals surface area contributed by atoms with Crippen molar-refractivity contribution in [3.05, 3.63) is 65.2 Å². The molecule has 0 saturated heterocycles. The maximum atomic E-state index is 12.4. The summed E-state index contributed by atoms with van der Waals surface area (Å²) in [6, 6.07) is 17.0. The second kappa shape index (κ2) is 8.85. The normalized spacial score (nSPS) is 10.3. The summed E-state index contributed by atoms with van der Waals surface area (Å²) in [6.45, 7) is 0. The van der Waals surface area contributed by atoms with Crippen LogP contribution in [0.3, 0.4) is 0 Å². The Morgan fingerprint density at radius 1 is 1.19 bits per heavy atom. The van der Waals surface area contributed by atoms with E-state index in [9.17, 15) is 4.79 Å². The van der Waals surface area contributed by atoms with Gasteiger partial charge in [-0.25, -0.2) is 0 Å². The third-order valence-electron chi connectivity index (χ3n) is 3.42.